The van der Waals surface area contributed by atoms with Crippen LogP contribution in [0.4, 0.5) is 4.39 Å². The lowest BCUT2D eigenvalue weighted by atomic mass is 10.2. The van der Waals surface area contributed by atoms with Crippen LogP contribution in [0.1, 0.15) is 5.56 Å². The van der Waals surface area contributed by atoms with E-state index in [1.54, 1.807) is 12.3 Å². The van der Waals surface area contributed by atoms with Crippen LogP contribution in [0.15, 0.2) is 18.2 Å². The first-order chi connectivity index (χ1) is 5.66. The van der Waals surface area contributed by atoms with Crippen molar-refractivity contribution in [1.29, 1.82) is 5.41 Å². The molecule has 0 aromatic heterocycles. The molecule has 0 radical (unpaired) electrons. The zero-order valence-electron chi connectivity index (χ0n) is 6.80. The van der Waals surface area contributed by atoms with Crippen molar-refractivity contribution in [3.63, 3.8) is 0 Å². The van der Waals surface area contributed by atoms with E-state index in [2.05, 4.69) is 0 Å². The van der Waals surface area contributed by atoms with Crippen LogP contribution in [0.25, 0.3) is 0 Å². The highest BCUT2D eigenvalue weighted by Crippen LogP contribution is 2.22. The van der Waals surface area contributed by atoms with E-state index in [9.17, 15) is 4.39 Å². The summed E-state index contributed by atoms with van der Waals surface area (Å²) in [4.78, 5) is 0. The summed E-state index contributed by atoms with van der Waals surface area (Å²) in [5, 5.41) is 7.84. The lowest BCUT2D eigenvalue weighted by Crippen LogP contribution is -1.97. The molecule has 0 unspecified atom stereocenters. The van der Waals surface area contributed by atoms with Crippen molar-refractivity contribution in [2.24, 2.45) is 0 Å². The van der Waals surface area contributed by atoms with Crippen molar-refractivity contribution < 1.29 is 4.39 Å². The number of hydrogen-bond acceptors (Lipinski definition) is 2. The Morgan fingerprint density at radius 2 is 2.15 bits per heavy atom. The van der Waals surface area contributed by atoms with Crippen LogP contribution < -0.4 is 0 Å². The summed E-state index contributed by atoms with van der Waals surface area (Å²) in [5.74, 6) is -0.443. The maximum atomic E-state index is 13.0. The average Bonchev–Trinajstić information content (AvgIpc) is 2.03. The molecule has 0 heterocycles. The maximum absolute atomic E-state index is 13.0. The number of hydrogen-bond donors (Lipinski definition) is 1. The highest BCUT2D eigenvalue weighted by atomic mass is 127. The van der Waals surface area contributed by atoms with Gasteiger partial charge in [0, 0.05) is 0 Å². The number of thioether (sulfide) groups is 1. The van der Waals surface area contributed by atoms with Crippen molar-refractivity contribution in [3.8, 4) is 0 Å². The lowest BCUT2D eigenvalue weighted by Gasteiger charge is -2.03. The predicted octanol–water partition coefficient (Wildman–Crippen LogP) is 3.79. The Hall–Kier alpha value is 0.190. The molecule has 1 nitrogen and oxygen atoms in total. The minimum atomic E-state index is -0.443. The quantitative estimate of drug-likeness (QED) is 0.472. The summed E-state index contributed by atoms with van der Waals surface area (Å²) in [6.45, 7) is 0. The van der Waals surface area contributed by atoms with Crippen molar-refractivity contribution in [2.75, 3.05) is 6.26 Å². The van der Waals surface area contributed by atoms with Gasteiger partial charge in [-0.05, 0) is 18.4 Å². The van der Waals surface area contributed by atoms with Gasteiger partial charge in [0.15, 0.2) is 0 Å². The molecule has 0 saturated carbocycles. The largest absolute Gasteiger partial charge is 0.293 e. The molecule has 0 aliphatic carbocycles. The van der Waals surface area contributed by atoms with Crippen LogP contribution in [0, 0.1) is 11.2 Å². The van der Waals surface area contributed by atoms with Gasteiger partial charge in [-0.15, -0.1) is 35.7 Å². The van der Waals surface area contributed by atoms with E-state index < -0.39 is 5.82 Å². The van der Waals surface area contributed by atoms with Gasteiger partial charge in [-0.2, -0.15) is 0 Å². The molecule has 0 aliphatic heterocycles. The molecule has 5 heteroatoms. The first kappa shape index (κ1) is 13.2. The molecule has 1 aromatic rings. The Bertz CT molecular complexity index is 299. The number of rotatable bonds is 1. The molecule has 0 amide bonds. The van der Waals surface area contributed by atoms with E-state index in [0.29, 0.717) is 0 Å². The zero-order chi connectivity index (χ0) is 9.14. The fraction of sp³-hybridized carbons (Fsp3) is 0.125. The average molecular weight is 332 g/mol. The molecule has 0 aliphatic rings. The normalized spacial score (nSPS) is 9.15. The molecular weight excluding hydrogens is 324 g/mol. The van der Waals surface area contributed by atoms with Gasteiger partial charge in [0.25, 0.3) is 0 Å². The molecule has 0 saturated heterocycles. The molecule has 1 N–H and O–H groups in total. The Balaban J connectivity index is 0.00000144. The summed E-state index contributed by atoms with van der Waals surface area (Å²) >= 11 is 6.87. The monoisotopic (exact) mass is 331 g/mol. The maximum Gasteiger partial charge on any atom is 0.134 e. The molecule has 0 bridgehead atoms. The van der Waals surface area contributed by atoms with Crippen LogP contribution >= 0.6 is 47.3 Å². The van der Waals surface area contributed by atoms with Gasteiger partial charge >= 0.3 is 0 Å². The Labute approximate surface area is 103 Å². The fourth-order valence-electron chi connectivity index (χ4n) is 0.817. The van der Waals surface area contributed by atoms with Gasteiger partial charge in [0.1, 0.15) is 5.82 Å². The van der Waals surface area contributed by atoms with Crippen molar-refractivity contribution >= 4 is 52.4 Å². The topological polar surface area (TPSA) is 23.9 Å². The summed E-state index contributed by atoms with van der Waals surface area (Å²) in [7, 11) is 0. The SMILES string of the molecule is CSC(=N)c1c(F)cccc1Cl.I. The van der Waals surface area contributed by atoms with Gasteiger partial charge in [0.2, 0.25) is 0 Å². The molecule has 1 rings (SSSR count). The molecule has 72 valence electrons. The second-order valence-electron chi connectivity index (χ2n) is 2.13. The van der Waals surface area contributed by atoms with E-state index in [1.807, 2.05) is 0 Å². The van der Waals surface area contributed by atoms with Crippen LogP contribution in [-0.4, -0.2) is 11.3 Å². The van der Waals surface area contributed by atoms with E-state index in [4.69, 9.17) is 17.0 Å². The van der Waals surface area contributed by atoms with E-state index in [0.717, 1.165) is 0 Å². The van der Waals surface area contributed by atoms with Gasteiger partial charge in [-0.3, -0.25) is 5.41 Å². The highest BCUT2D eigenvalue weighted by molar-refractivity contribution is 14.0. The first-order valence-electron chi connectivity index (χ1n) is 3.23. The van der Waals surface area contributed by atoms with E-state index in [-0.39, 0.29) is 39.6 Å². The fourth-order valence-corrected chi connectivity index (χ4v) is 1.54. The minimum absolute atomic E-state index is 0. The van der Waals surface area contributed by atoms with Crippen LogP contribution in [0.3, 0.4) is 0 Å². The summed E-state index contributed by atoms with van der Waals surface area (Å²) in [6, 6.07) is 4.39. The Morgan fingerprint density at radius 3 is 2.62 bits per heavy atom. The van der Waals surface area contributed by atoms with Gasteiger partial charge in [0.05, 0.1) is 15.6 Å². The smallest absolute Gasteiger partial charge is 0.134 e. The molecule has 0 atom stereocenters. The van der Waals surface area contributed by atoms with E-state index in [1.165, 1.54) is 23.9 Å². The van der Waals surface area contributed by atoms with Gasteiger partial charge < -0.3 is 0 Å². The van der Waals surface area contributed by atoms with Crippen LogP contribution in [0.2, 0.25) is 5.02 Å². The highest BCUT2D eigenvalue weighted by Gasteiger charge is 2.10. The molecule has 1 aromatic carbocycles. The molecule has 0 fully saturated rings. The van der Waals surface area contributed by atoms with Crippen molar-refractivity contribution in [3.05, 3.63) is 34.6 Å². The molecule has 13 heavy (non-hydrogen) atoms. The third-order valence-electron chi connectivity index (χ3n) is 1.39. The summed E-state index contributed by atoms with van der Waals surface area (Å²) in [6.07, 6.45) is 1.71. The van der Waals surface area contributed by atoms with Crippen molar-refractivity contribution in [2.45, 2.75) is 0 Å². The molecular formula is C8H8ClFINS. The third-order valence-corrected chi connectivity index (χ3v) is 2.32. The minimum Gasteiger partial charge on any atom is -0.293 e. The summed E-state index contributed by atoms with van der Waals surface area (Å²) < 4.78 is 13.0. The number of halogens is 3. The van der Waals surface area contributed by atoms with Crippen LogP contribution in [-0.2, 0) is 0 Å². The Morgan fingerprint density at radius 1 is 1.54 bits per heavy atom. The number of nitrogens with one attached hydrogen (secondary N) is 1. The van der Waals surface area contributed by atoms with Crippen molar-refractivity contribution in [1.82, 2.24) is 0 Å². The summed E-state index contributed by atoms with van der Waals surface area (Å²) in [5.41, 5.74) is 0.187. The second kappa shape index (κ2) is 5.82. The van der Waals surface area contributed by atoms with Gasteiger partial charge in [-0.1, -0.05) is 17.7 Å². The second-order valence-corrected chi connectivity index (χ2v) is 3.35. The lowest BCUT2D eigenvalue weighted by molar-refractivity contribution is 0.626. The van der Waals surface area contributed by atoms with E-state index >= 15 is 0 Å². The zero-order valence-corrected chi connectivity index (χ0v) is 10.7. The third kappa shape index (κ3) is 3.11. The first-order valence-corrected chi connectivity index (χ1v) is 4.84. The van der Waals surface area contributed by atoms with Gasteiger partial charge in [-0.25, -0.2) is 4.39 Å². The van der Waals surface area contributed by atoms with Crippen LogP contribution in [0.5, 0.6) is 0 Å². The Kier molecular flexibility index (Phi) is 5.91. The standard InChI is InChI=1S/C8H7ClFNS.HI/c1-12-8(11)7-5(9)3-2-4-6(7)10;/h2-4,11H,1H3;1H. The number of benzene rings is 1. The molecule has 0 spiro atoms. The predicted molar refractivity (Wildman–Crippen MR) is 67.2 cm³/mol.